The Kier molecular flexibility index (Phi) is 3.24. The van der Waals surface area contributed by atoms with E-state index in [9.17, 15) is 4.79 Å². The van der Waals surface area contributed by atoms with Gasteiger partial charge in [-0.1, -0.05) is 0 Å². The highest BCUT2D eigenvalue weighted by Crippen LogP contribution is 2.14. The van der Waals surface area contributed by atoms with Crippen LogP contribution in [-0.2, 0) is 18.4 Å². The summed E-state index contributed by atoms with van der Waals surface area (Å²) in [6.45, 7) is 3.56. The average Bonchev–Trinajstić information content (AvgIpc) is 2.43. The van der Waals surface area contributed by atoms with E-state index in [1.165, 1.54) is 0 Å². The monoisotopic (exact) mass is 198 g/mol. The van der Waals surface area contributed by atoms with Crippen molar-refractivity contribution in [2.75, 3.05) is 6.61 Å². The van der Waals surface area contributed by atoms with E-state index in [1.54, 1.807) is 25.6 Å². The minimum atomic E-state index is -0.429. The molecule has 0 radical (unpaired) electrons. The molecule has 0 fully saturated rings. The van der Waals surface area contributed by atoms with Crippen molar-refractivity contribution in [3.8, 4) is 0 Å². The van der Waals surface area contributed by atoms with Gasteiger partial charge in [0.25, 0.3) is 0 Å². The summed E-state index contributed by atoms with van der Waals surface area (Å²) >= 11 is 0. The zero-order valence-corrected chi connectivity index (χ0v) is 8.57. The van der Waals surface area contributed by atoms with Crippen LogP contribution >= 0.6 is 0 Å². The van der Waals surface area contributed by atoms with Crippen LogP contribution < -0.4 is 0 Å². The lowest BCUT2D eigenvalue weighted by Crippen LogP contribution is -2.08. The molecule has 0 saturated heterocycles. The topological polar surface area (TPSA) is 64.3 Å². The Balaban J connectivity index is 3.10. The van der Waals surface area contributed by atoms with Gasteiger partial charge in [-0.15, -0.1) is 0 Å². The molecule has 1 heterocycles. The summed E-state index contributed by atoms with van der Waals surface area (Å²) < 4.78 is 6.41. The first-order chi connectivity index (χ1) is 6.61. The zero-order chi connectivity index (χ0) is 10.7. The normalized spacial score (nSPS) is 10.3. The summed E-state index contributed by atoms with van der Waals surface area (Å²) in [4.78, 5) is 11.5. The molecular formula is C9H14N2O3. The van der Waals surface area contributed by atoms with E-state index in [0.29, 0.717) is 23.6 Å². The summed E-state index contributed by atoms with van der Waals surface area (Å²) in [5, 5.41) is 13.0. The number of ether oxygens (including phenoxy) is 1. The van der Waals surface area contributed by atoms with Gasteiger partial charge in [-0.05, 0) is 13.8 Å². The molecule has 14 heavy (non-hydrogen) atoms. The van der Waals surface area contributed by atoms with Crippen LogP contribution in [-0.4, -0.2) is 27.5 Å². The van der Waals surface area contributed by atoms with Crippen LogP contribution in [0.5, 0.6) is 0 Å². The van der Waals surface area contributed by atoms with Gasteiger partial charge in [0.1, 0.15) is 11.3 Å². The van der Waals surface area contributed by atoms with E-state index >= 15 is 0 Å². The average molecular weight is 198 g/mol. The molecule has 5 nitrogen and oxygen atoms in total. The van der Waals surface area contributed by atoms with Crippen molar-refractivity contribution in [2.45, 2.75) is 20.5 Å². The highest BCUT2D eigenvalue weighted by molar-refractivity contribution is 5.91. The third-order valence-corrected chi connectivity index (χ3v) is 2.04. The fourth-order valence-corrected chi connectivity index (χ4v) is 1.26. The first kappa shape index (κ1) is 10.7. The van der Waals surface area contributed by atoms with Crippen molar-refractivity contribution in [1.82, 2.24) is 9.78 Å². The smallest absolute Gasteiger partial charge is 0.341 e. The summed E-state index contributed by atoms with van der Waals surface area (Å²) in [5.41, 5.74) is 1.44. The predicted molar refractivity (Wildman–Crippen MR) is 49.8 cm³/mol. The summed E-state index contributed by atoms with van der Waals surface area (Å²) in [6.07, 6.45) is 0. The van der Waals surface area contributed by atoms with Crippen LogP contribution in [0, 0.1) is 6.92 Å². The number of aliphatic hydroxyl groups is 1. The van der Waals surface area contributed by atoms with Gasteiger partial charge in [-0.25, -0.2) is 4.79 Å². The van der Waals surface area contributed by atoms with Gasteiger partial charge >= 0.3 is 5.97 Å². The molecule has 1 aromatic heterocycles. The standard InChI is InChI=1S/C9H14N2O3/c1-4-14-9(13)8-6(2)11(3)10-7(8)5-12/h12H,4-5H2,1-3H3. The molecule has 0 saturated carbocycles. The van der Waals surface area contributed by atoms with Gasteiger partial charge in [0.05, 0.1) is 13.2 Å². The number of hydrogen-bond acceptors (Lipinski definition) is 4. The van der Waals surface area contributed by atoms with Crippen molar-refractivity contribution >= 4 is 5.97 Å². The molecule has 0 amide bonds. The fraction of sp³-hybridized carbons (Fsp3) is 0.556. The third kappa shape index (κ3) is 1.77. The molecule has 0 aliphatic carbocycles. The second-order valence-electron chi connectivity index (χ2n) is 2.91. The number of carbonyl (C=O) groups excluding carboxylic acids is 1. The van der Waals surface area contributed by atoms with Gasteiger partial charge in [-0.3, -0.25) is 4.68 Å². The molecule has 0 spiro atoms. The number of rotatable bonds is 3. The lowest BCUT2D eigenvalue weighted by atomic mass is 10.2. The Morgan fingerprint density at radius 2 is 2.29 bits per heavy atom. The lowest BCUT2D eigenvalue weighted by Gasteiger charge is -2.01. The first-order valence-electron chi connectivity index (χ1n) is 4.42. The highest BCUT2D eigenvalue weighted by atomic mass is 16.5. The lowest BCUT2D eigenvalue weighted by molar-refractivity contribution is 0.0522. The second kappa shape index (κ2) is 4.23. The quantitative estimate of drug-likeness (QED) is 0.714. The second-order valence-corrected chi connectivity index (χ2v) is 2.91. The number of aryl methyl sites for hydroxylation is 1. The number of hydrogen-bond donors (Lipinski definition) is 1. The van der Waals surface area contributed by atoms with Gasteiger partial charge in [0.15, 0.2) is 0 Å². The number of aliphatic hydroxyl groups excluding tert-OH is 1. The van der Waals surface area contributed by atoms with Crippen LogP contribution in [0.4, 0.5) is 0 Å². The molecule has 0 atom stereocenters. The van der Waals surface area contributed by atoms with Gasteiger partial charge < -0.3 is 9.84 Å². The SMILES string of the molecule is CCOC(=O)c1c(CO)nn(C)c1C. The molecule has 0 aromatic carbocycles. The predicted octanol–water partition coefficient (Wildman–Crippen LogP) is 0.398. The Bertz CT molecular complexity index is 344. The van der Waals surface area contributed by atoms with Crippen molar-refractivity contribution in [2.24, 2.45) is 7.05 Å². The maximum Gasteiger partial charge on any atom is 0.341 e. The molecular weight excluding hydrogens is 184 g/mol. The van der Waals surface area contributed by atoms with Gasteiger partial charge in [0, 0.05) is 12.7 Å². The van der Waals surface area contributed by atoms with Crippen LogP contribution in [0.25, 0.3) is 0 Å². The maximum atomic E-state index is 11.5. The molecule has 1 rings (SSSR count). The van der Waals surface area contributed by atoms with Crippen LogP contribution in [0.1, 0.15) is 28.7 Å². The van der Waals surface area contributed by atoms with Crippen LogP contribution in [0.15, 0.2) is 0 Å². The van der Waals surface area contributed by atoms with Crippen molar-refractivity contribution in [3.05, 3.63) is 17.0 Å². The van der Waals surface area contributed by atoms with E-state index in [4.69, 9.17) is 9.84 Å². The van der Waals surface area contributed by atoms with Crippen molar-refractivity contribution in [1.29, 1.82) is 0 Å². The molecule has 0 aliphatic heterocycles. The Hall–Kier alpha value is -1.36. The van der Waals surface area contributed by atoms with E-state index < -0.39 is 5.97 Å². The van der Waals surface area contributed by atoms with E-state index in [-0.39, 0.29) is 6.61 Å². The van der Waals surface area contributed by atoms with Crippen LogP contribution in [0.2, 0.25) is 0 Å². The Labute approximate surface area is 82.3 Å². The largest absolute Gasteiger partial charge is 0.462 e. The molecule has 1 aromatic rings. The molecule has 5 heteroatoms. The molecule has 0 bridgehead atoms. The highest BCUT2D eigenvalue weighted by Gasteiger charge is 2.20. The molecule has 0 aliphatic rings. The number of nitrogens with zero attached hydrogens (tertiary/aromatic N) is 2. The van der Waals surface area contributed by atoms with E-state index in [2.05, 4.69) is 5.10 Å². The molecule has 1 N–H and O–H groups in total. The number of aromatic nitrogens is 2. The van der Waals surface area contributed by atoms with E-state index in [0.717, 1.165) is 0 Å². The molecule has 78 valence electrons. The van der Waals surface area contributed by atoms with Gasteiger partial charge in [0.2, 0.25) is 0 Å². The minimum absolute atomic E-state index is 0.254. The summed E-state index contributed by atoms with van der Waals surface area (Å²) in [7, 11) is 1.72. The Morgan fingerprint density at radius 1 is 1.64 bits per heavy atom. The molecule has 0 unspecified atom stereocenters. The third-order valence-electron chi connectivity index (χ3n) is 2.04. The van der Waals surface area contributed by atoms with E-state index in [1.807, 2.05) is 0 Å². The summed E-state index contributed by atoms with van der Waals surface area (Å²) in [6, 6.07) is 0. The minimum Gasteiger partial charge on any atom is -0.462 e. The maximum absolute atomic E-state index is 11.5. The Morgan fingerprint density at radius 3 is 2.79 bits per heavy atom. The van der Waals surface area contributed by atoms with Gasteiger partial charge in [-0.2, -0.15) is 5.10 Å². The van der Waals surface area contributed by atoms with Crippen molar-refractivity contribution in [3.63, 3.8) is 0 Å². The van der Waals surface area contributed by atoms with Crippen molar-refractivity contribution < 1.29 is 14.6 Å². The summed E-state index contributed by atoms with van der Waals surface area (Å²) in [5.74, 6) is -0.429. The first-order valence-corrected chi connectivity index (χ1v) is 4.42. The zero-order valence-electron chi connectivity index (χ0n) is 8.57. The number of carbonyl (C=O) groups is 1. The van der Waals surface area contributed by atoms with Crippen LogP contribution in [0.3, 0.4) is 0 Å². The fourth-order valence-electron chi connectivity index (χ4n) is 1.26. The number of esters is 1.